The second-order valence-electron chi connectivity index (χ2n) is 9.06. The number of H-pyrrole nitrogens is 1. The Morgan fingerprint density at radius 2 is 1.72 bits per heavy atom. The fraction of sp³-hybridized carbons (Fsp3) is 0.241. The van der Waals surface area contributed by atoms with Gasteiger partial charge in [-0.25, -0.2) is 0 Å². The molecule has 0 unspecified atom stereocenters. The van der Waals surface area contributed by atoms with E-state index in [1.807, 2.05) is 66.9 Å². The van der Waals surface area contributed by atoms with Crippen LogP contribution >= 0.6 is 0 Å². The lowest BCUT2D eigenvalue weighted by Gasteiger charge is -2.27. The molecule has 0 radical (unpaired) electrons. The maximum atomic E-state index is 13.4. The summed E-state index contributed by atoms with van der Waals surface area (Å²) in [7, 11) is 1.61. The average molecular weight is 483 g/mol. The van der Waals surface area contributed by atoms with E-state index in [1.165, 1.54) is 5.56 Å². The molecule has 2 heterocycles. The molecular weight excluding hydrogens is 452 g/mol. The van der Waals surface area contributed by atoms with Crippen LogP contribution in [0, 0.1) is 0 Å². The minimum Gasteiger partial charge on any atom is -0.496 e. The molecule has 0 fully saturated rings. The third kappa shape index (κ3) is 5.11. The number of hydrogen-bond acceptors (Lipinski definition) is 4. The molecule has 0 aliphatic carbocycles. The largest absolute Gasteiger partial charge is 0.496 e. The first kappa shape index (κ1) is 23.6. The van der Waals surface area contributed by atoms with Crippen LogP contribution in [0.1, 0.15) is 22.3 Å². The highest BCUT2D eigenvalue weighted by molar-refractivity contribution is 5.91. The predicted octanol–water partition coefficient (Wildman–Crippen LogP) is 3.23. The van der Waals surface area contributed by atoms with Gasteiger partial charge in [0.2, 0.25) is 11.8 Å². The number of carbonyl (C=O) groups excluding carboxylic acids is 2. The van der Waals surface area contributed by atoms with E-state index >= 15 is 0 Å². The summed E-state index contributed by atoms with van der Waals surface area (Å²) in [6, 6.07) is 22.5. The Bertz CT molecular complexity index is 1380. The maximum absolute atomic E-state index is 13.4. The summed E-state index contributed by atoms with van der Waals surface area (Å²) >= 11 is 0. The number of amides is 2. The Morgan fingerprint density at radius 3 is 2.58 bits per heavy atom. The second kappa shape index (κ2) is 10.7. The van der Waals surface area contributed by atoms with Gasteiger partial charge in [0.25, 0.3) is 0 Å². The molecule has 0 bridgehead atoms. The van der Waals surface area contributed by atoms with Gasteiger partial charge in [-0.15, -0.1) is 0 Å². The van der Waals surface area contributed by atoms with Crippen LogP contribution in [-0.4, -0.2) is 36.0 Å². The minimum absolute atomic E-state index is 0.179. The van der Waals surface area contributed by atoms with E-state index in [-0.39, 0.29) is 11.8 Å². The van der Waals surface area contributed by atoms with Crippen LogP contribution in [-0.2, 0) is 35.5 Å². The van der Waals surface area contributed by atoms with Crippen LogP contribution in [0.3, 0.4) is 0 Å². The van der Waals surface area contributed by atoms with E-state index in [0.717, 1.165) is 27.6 Å². The molecule has 2 atom stereocenters. The summed E-state index contributed by atoms with van der Waals surface area (Å²) in [6.45, 7) is 0.930. The van der Waals surface area contributed by atoms with Gasteiger partial charge in [-0.1, -0.05) is 60.7 Å². The van der Waals surface area contributed by atoms with Crippen LogP contribution in [0.25, 0.3) is 10.9 Å². The van der Waals surface area contributed by atoms with E-state index in [9.17, 15) is 9.59 Å². The van der Waals surface area contributed by atoms with Crippen LogP contribution in [0.15, 0.2) is 79.0 Å². The third-order valence-electron chi connectivity index (χ3n) is 6.78. The fourth-order valence-electron chi connectivity index (χ4n) is 4.80. The summed E-state index contributed by atoms with van der Waals surface area (Å²) < 4.78 is 5.41. The topological polar surface area (TPSA) is 95.2 Å². The second-order valence-corrected chi connectivity index (χ2v) is 9.06. The highest BCUT2D eigenvalue weighted by Crippen LogP contribution is 2.21. The van der Waals surface area contributed by atoms with Crippen LogP contribution < -0.4 is 20.7 Å². The van der Waals surface area contributed by atoms with Crippen LogP contribution in [0.5, 0.6) is 5.75 Å². The number of aromatic amines is 1. The van der Waals surface area contributed by atoms with Gasteiger partial charge < -0.3 is 25.7 Å². The van der Waals surface area contributed by atoms with Crippen molar-refractivity contribution in [2.75, 3.05) is 7.11 Å². The molecule has 1 aromatic heterocycles. The van der Waals surface area contributed by atoms with Crippen LogP contribution in [0.4, 0.5) is 0 Å². The van der Waals surface area contributed by atoms with E-state index in [4.69, 9.17) is 4.74 Å². The molecular formula is C29H30N4O3. The molecule has 1 aliphatic heterocycles. The molecule has 1 aliphatic rings. The molecule has 4 N–H and O–H groups in total. The molecule has 184 valence electrons. The zero-order valence-electron chi connectivity index (χ0n) is 20.2. The maximum Gasteiger partial charge on any atom is 0.243 e. The predicted molar refractivity (Wildman–Crippen MR) is 140 cm³/mol. The van der Waals surface area contributed by atoms with E-state index in [0.29, 0.717) is 31.7 Å². The Kier molecular flexibility index (Phi) is 7.00. The van der Waals surface area contributed by atoms with Crippen molar-refractivity contribution in [3.8, 4) is 5.75 Å². The van der Waals surface area contributed by atoms with Gasteiger partial charge in [0.05, 0.1) is 13.2 Å². The zero-order valence-corrected chi connectivity index (χ0v) is 20.2. The van der Waals surface area contributed by atoms with Crippen molar-refractivity contribution < 1.29 is 14.3 Å². The normalized spacial score (nSPS) is 15.6. The Balaban J connectivity index is 1.33. The highest BCUT2D eigenvalue weighted by Gasteiger charge is 2.29. The summed E-state index contributed by atoms with van der Waals surface area (Å²) in [5, 5.41) is 10.4. The molecule has 4 aromatic rings. The Labute approximate surface area is 210 Å². The number of aromatic nitrogens is 1. The summed E-state index contributed by atoms with van der Waals surface area (Å²) in [5.74, 6) is 0.289. The van der Waals surface area contributed by atoms with Gasteiger partial charge in [0.15, 0.2) is 0 Å². The number of methoxy groups -OCH3 is 1. The van der Waals surface area contributed by atoms with Crippen molar-refractivity contribution in [1.82, 2.24) is 20.9 Å². The SMILES string of the molecule is COc1ccccc1CNC(=O)[C@@H](Cc1c[nH]c2ccccc12)NC(=O)[C@H]1Cc2ccccc2CN1. The van der Waals surface area contributed by atoms with Crippen molar-refractivity contribution in [3.05, 3.63) is 101 Å². The number of fused-ring (bicyclic) bond motifs is 2. The van der Waals surface area contributed by atoms with Gasteiger partial charge >= 0.3 is 0 Å². The molecule has 7 heteroatoms. The van der Waals surface area contributed by atoms with Crippen LogP contribution in [0.2, 0.25) is 0 Å². The molecule has 0 saturated carbocycles. The number of ether oxygens (including phenoxy) is 1. The lowest BCUT2D eigenvalue weighted by atomic mass is 9.95. The average Bonchev–Trinajstić information content (AvgIpc) is 3.33. The first-order chi connectivity index (χ1) is 17.6. The standard InChI is InChI=1S/C29H30N4O3/c1-36-27-13-7-4-10-21(27)17-32-28(34)26(15-22-18-30-24-12-6-5-11-23(22)24)33-29(35)25-14-19-8-2-3-9-20(19)16-31-25/h2-13,18,25-26,30-31H,14-17H2,1H3,(H,32,34)(H,33,35)/t25-,26-/m1/s1. The number of benzene rings is 3. The van der Waals surface area contributed by atoms with Gasteiger partial charge in [-0.05, 0) is 35.2 Å². The van der Waals surface area contributed by atoms with Crippen molar-refractivity contribution in [2.24, 2.45) is 0 Å². The van der Waals surface area contributed by atoms with E-state index in [1.54, 1.807) is 7.11 Å². The minimum atomic E-state index is -0.731. The lowest BCUT2D eigenvalue weighted by molar-refractivity contribution is -0.130. The monoisotopic (exact) mass is 482 g/mol. The summed E-state index contributed by atoms with van der Waals surface area (Å²) in [5.41, 5.74) is 5.20. The Morgan fingerprint density at radius 1 is 0.972 bits per heavy atom. The molecule has 7 nitrogen and oxygen atoms in total. The number of rotatable bonds is 8. The molecule has 0 spiro atoms. The number of carbonyl (C=O) groups is 2. The van der Waals surface area contributed by atoms with Crippen molar-refractivity contribution in [1.29, 1.82) is 0 Å². The van der Waals surface area contributed by atoms with Gasteiger partial charge in [0.1, 0.15) is 11.8 Å². The van der Waals surface area contributed by atoms with Gasteiger partial charge in [0, 0.05) is 42.2 Å². The number of para-hydroxylation sites is 2. The van der Waals surface area contributed by atoms with E-state index < -0.39 is 12.1 Å². The van der Waals surface area contributed by atoms with Crippen molar-refractivity contribution >= 4 is 22.7 Å². The molecule has 36 heavy (non-hydrogen) atoms. The van der Waals surface area contributed by atoms with Gasteiger partial charge in [-0.3, -0.25) is 9.59 Å². The first-order valence-corrected chi connectivity index (χ1v) is 12.2. The van der Waals surface area contributed by atoms with Gasteiger partial charge in [-0.2, -0.15) is 0 Å². The van der Waals surface area contributed by atoms with Crippen molar-refractivity contribution in [2.45, 2.75) is 38.0 Å². The summed E-state index contributed by atoms with van der Waals surface area (Å²) in [4.78, 5) is 30.0. The number of nitrogens with one attached hydrogen (secondary N) is 4. The fourth-order valence-corrected chi connectivity index (χ4v) is 4.80. The number of hydrogen-bond donors (Lipinski definition) is 4. The quantitative estimate of drug-likeness (QED) is 0.310. The molecule has 3 aromatic carbocycles. The first-order valence-electron chi connectivity index (χ1n) is 12.2. The highest BCUT2D eigenvalue weighted by atomic mass is 16.5. The third-order valence-corrected chi connectivity index (χ3v) is 6.78. The smallest absolute Gasteiger partial charge is 0.243 e. The summed E-state index contributed by atoms with van der Waals surface area (Å²) in [6.07, 6.45) is 2.87. The molecule has 0 saturated heterocycles. The molecule has 5 rings (SSSR count). The molecule has 2 amide bonds. The van der Waals surface area contributed by atoms with E-state index in [2.05, 4.69) is 33.1 Å². The Hall–Kier alpha value is -4.10. The van der Waals surface area contributed by atoms with Crippen molar-refractivity contribution in [3.63, 3.8) is 0 Å². The zero-order chi connectivity index (χ0) is 24.9. The lowest BCUT2D eigenvalue weighted by Crippen LogP contribution is -2.54.